The lowest BCUT2D eigenvalue weighted by atomic mass is 10.1. The Bertz CT molecular complexity index is 286. The van der Waals surface area contributed by atoms with E-state index in [0.717, 1.165) is 12.8 Å². The molecule has 0 aliphatic rings. The van der Waals surface area contributed by atoms with Crippen molar-refractivity contribution in [3.63, 3.8) is 0 Å². The molecule has 0 aliphatic heterocycles. The van der Waals surface area contributed by atoms with Crippen LogP contribution >= 0.6 is 0 Å². The Morgan fingerprint density at radius 2 is 1.18 bits per heavy atom. The number of carboxylic acids is 2. The summed E-state index contributed by atoms with van der Waals surface area (Å²) in [5.74, 6) is -1.87. The maximum Gasteiger partial charge on any atom is 0.330 e. The predicted molar refractivity (Wildman–Crippen MR) is 86.5 cm³/mol. The van der Waals surface area contributed by atoms with Crippen molar-refractivity contribution in [3.05, 3.63) is 24.3 Å². The number of aliphatic hydroxyl groups excluding tert-OH is 1. The number of carboxylic acid groups (broad SMARTS) is 2. The molecule has 22 heavy (non-hydrogen) atoms. The Morgan fingerprint density at radius 1 is 0.864 bits per heavy atom. The van der Waals surface area contributed by atoms with Crippen LogP contribution in [0, 0.1) is 0 Å². The van der Waals surface area contributed by atoms with Gasteiger partial charge in [-0.25, -0.2) is 9.59 Å². The molecule has 0 spiro atoms. The molecule has 0 aromatic carbocycles. The topological polar surface area (TPSA) is 115 Å². The molecule has 0 heterocycles. The van der Waals surface area contributed by atoms with E-state index in [4.69, 9.17) is 20.4 Å². The predicted octanol–water partition coefficient (Wildman–Crippen LogP) is 2.95. The molecule has 0 aliphatic carbocycles. The summed E-state index contributed by atoms with van der Waals surface area (Å²) in [6.07, 6.45) is 5.24. The Labute approximate surface area is 132 Å². The first-order valence-corrected chi connectivity index (χ1v) is 7.19. The fraction of sp³-hybridized carbons (Fsp3) is 0.625. The molecule has 0 aromatic rings. The molecule has 4 N–H and O–H groups in total. The second kappa shape index (κ2) is 17.4. The van der Waals surface area contributed by atoms with Gasteiger partial charge in [0.15, 0.2) is 6.29 Å². The first-order valence-electron chi connectivity index (χ1n) is 7.19. The largest absolute Gasteiger partial charge is 0.478 e. The van der Waals surface area contributed by atoms with E-state index in [9.17, 15) is 9.59 Å². The maximum atomic E-state index is 9.60. The Morgan fingerprint density at radius 3 is 1.41 bits per heavy atom. The van der Waals surface area contributed by atoms with Crippen LogP contribution in [-0.2, 0) is 9.59 Å². The molecule has 0 unspecified atom stereocenters. The van der Waals surface area contributed by atoms with Crippen LogP contribution in [0.1, 0.15) is 59.3 Å². The first kappa shape index (κ1) is 25.3. The van der Waals surface area contributed by atoms with Gasteiger partial charge >= 0.3 is 11.9 Å². The van der Waals surface area contributed by atoms with Crippen molar-refractivity contribution in [2.45, 2.75) is 65.6 Å². The van der Waals surface area contributed by atoms with Crippen LogP contribution < -0.4 is 0 Å². The fourth-order valence-electron chi connectivity index (χ4n) is 0.930. The Kier molecular flexibility index (Phi) is 20.0. The van der Waals surface area contributed by atoms with Crippen molar-refractivity contribution < 1.29 is 30.0 Å². The lowest BCUT2D eigenvalue weighted by molar-refractivity contribution is -0.133. The zero-order chi connectivity index (χ0) is 18.1. The molecule has 0 bridgehead atoms. The van der Waals surface area contributed by atoms with Crippen molar-refractivity contribution in [3.8, 4) is 0 Å². The van der Waals surface area contributed by atoms with Crippen molar-refractivity contribution in [1.29, 1.82) is 0 Å². The van der Waals surface area contributed by atoms with Gasteiger partial charge in [-0.3, -0.25) is 0 Å². The summed E-state index contributed by atoms with van der Waals surface area (Å²) in [5.41, 5.74) is 0.352. The summed E-state index contributed by atoms with van der Waals surface area (Å²) >= 11 is 0. The molecule has 0 atom stereocenters. The van der Waals surface area contributed by atoms with E-state index in [-0.39, 0.29) is 11.1 Å². The van der Waals surface area contributed by atoms with Gasteiger partial charge < -0.3 is 20.4 Å². The zero-order valence-electron chi connectivity index (χ0n) is 13.8. The summed E-state index contributed by atoms with van der Waals surface area (Å²) < 4.78 is 0. The number of hydrogen-bond donors (Lipinski definition) is 4. The van der Waals surface area contributed by atoms with E-state index in [0.29, 0.717) is 6.42 Å². The van der Waals surface area contributed by atoms with Crippen molar-refractivity contribution in [1.82, 2.24) is 0 Å². The van der Waals surface area contributed by atoms with E-state index in [2.05, 4.69) is 20.1 Å². The molecule has 0 saturated heterocycles. The Hall–Kier alpha value is -1.66. The third-order valence-corrected chi connectivity index (χ3v) is 2.30. The van der Waals surface area contributed by atoms with Gasteiger partial charge in [-0.05, 0) is 26.7 Å². The number of aliphatic carboxylic acids is 2. The normalized spacial score (nSPS) is 9.00. The minimum atomic E-state index is -1.10. The lowest BCUT2D eigenvalue weighted by Gasteiger charge is -2.01. The molecule has 0 saturated carbocycles. The smallest absolute Gasteiger partial charge is 0.330 e. The van der Waals surface area contributed by atoms with E-state index in [1.165, 1.54) is 33.1 Å². The summed E-state index contributed by atoms with van der Waals surface area (Å²) in [4.78, 5) is 19.2. The Balaban J connectivity index is -0.000000261. The third-order valence-electron chi connectivity index (χ3n) is 2.30. The summed E-state index contributed by atoms with van der Waals surface area (Å²) in [7, 11) is 0. The average Bonchev–Trinajstić information content (AvgIpc) is 2.39. The highest BCUT2D eigenvalue weighted by Crippen LogP contribution is 2.05. The molecular weight excluding hydrogens is 288 g/mol. The van der Waals surface area contributed by atoms with Crippen LogP contribution in [0.25, 0.3) is 0 Å². The second-order valence-corrected chi connectivity index (χ2v) is 4.85. The number of rotatable bonds is 8. The lowest BCUT2D eigenvalue weighted by Crippen LogP contribution is -2.02. The number of unbranched alkanes of at least 4 members (excludes halogenated alkanes) is 4. The van der Waals surface area contributed by atoms with Crippen molar-refractivity contribution in [2.24, 2.45) is 0 Å². The van der Waals surface area contributed by atoms with Crippen LogP contribution in [0.4, 0.5) is 0 Å². The maximum absolute atomic E-state index is 9.60. The second-order valence-electron chi connectivity index (χ2n) is 4.85. The molecule has 0 aromatic heterocycles. The quantitative estimate of drug-likeness (QED) is 0.311. The summed E-state index contributed by atoms with van der Waals surface area (Å²) in [6, 6.07) is 0. The molecule has 0 rings (SSSR count). The van der Waals surface area contributed by atoms with Gasteiger partial charge in [0.2, 0.25) is 0 Å². The highest BCUT2D eigenvalue weighted by molar-refractivity contribution is 5.85. The molecule has 0 radical (unpaired) electrons. The van der Waals surface area contributed by atoms with E-state index in [1.807, 2.05) is 0 Å². The first-order chi connectivity index (χ1) is 10.1. The number of hydrogen-bond acceptors (Lipinski definition) is 4. The standard InChI is InChI=1S/C8H18O2.2C4H6O2/c1-2-3-4-5-6-7-8(9)10;2*1-3(2)4(5)6/h8-10H,2-7H2,1H3;2*1H2,2H3,(H,5,6). The van der Waals surface area contributed by atoms with Gasteiger partial charge in [-0.1, -0.05) is 45.8 Å². The van der Waals surface area contributed by atoms with Crippen LogP contribution in [-0.4, -0.2) is 38.7 Å². The van der Waals surface area contributed by atoms with Gasteiger partial charge in [-0.2, -0.15) is 0 Å². The van der Waals surface area contributed by atoms with Gasteiger partial charge in [-0.15, -0.1) is 0 Å². The molecule has 6 nitrogen and oxygen atoms in total. The van der Waals surface area contributed by atoms with Crippen LogP contribution in [0.15, 0.2) is 24.3 Å². The van der Waals surface area contributed by atoms with E-state index in [1.54, 1.807) is 0 Å². The number of aliphatic hydroxyl groups is 2. The third kappa shape index (κ3) is 31.0. The van der Waals surface area contributed by atoms with E-state index >= 15 is 0 Å². The molecule has 130 valence electrons. The minimum Gasteiger partial charge on any atom is -0.478 e. The molecule has 0 fully saturated rings. The van der Waals surface area contributed by atoms with Crippen molar-refractivity contribution in [2.75, 3.05) is 0 Å². The molecular formula is C16H30O6. The molecule has 6 heteroatoms. The average molecular weight is 318 g/mol. The molecule has 0 amide bonds. The van der Waals surface area contributed by atoms with Crippen LogP contribution in [0.3, 0.4) is 0 Å². The highest BCUT2D eigenvalue weighted by Gasteiger charge is 1.95. The minimum absolute atomic E-state index is 0.176. The SMILES string of the molecule is C=C(C)C(=O)O.C=C(C)C(=O)O.CCCCCCCC(O)O. The van der Waals surface area contributed by atoms with Gasteiger partial charge in [0.1, 0.15) is 0 Å². The van der Waals surface area contributed by atoms with Gasteiger partial charge in [0.05, 0.1) is 0 Å². The van der Waals surface area contributed by atoms with Crippen LogP contribution in [0.2, 0.25) is 0 Å². The van der Waals surface area contributed by atoms with E-state index < -0.39 is 18.2 Å². The summed E-state index contributed by atoms with van der Waals surface area (Å²) in [6.45, 7) is 11.4. The fourth-order valence-corrected chi connectivity index (χ4v) is 0.930. The summed E-state index contributed by atoms with van der Waals surface area (Å²) in [5, 5.41) is 32.7. The van der Waals surface area contributed by atoms with Gasteiger partial charge in [0, 0.05) is 11.1 Å². The number of carbonyl (C=O) groups is 2. The zero-order valence-corrected chi connectivity index (χ0v) is 13.8. The van der Waals surface area contributed by atoms with Crippen molar-refractivity contribution >= 4 is 11.9 Å². The monoisotopic (exact) mass is 318 g/mol. The van der Waals surface area contributed by atoms with Gasteiger partial charge in [0.25, 0.3) is 0 Å². The van der Waals surface area contributed by atoms with Crippen LogP contribution in [0.5, 0.6) is 0 Å². The highest BCUT2D eigenvalue weighted by atomic mass is 16.5.